The number of aromatic amines is 1. The fraction of sp³-hybridized carbons (Fsp3) is 0. The van der Waals surface area contributed by atoms with E-state index in [-0.39, 0.29) is 0 Å². The predicted octanol–water partition coefficient (Wildman–Crippen LogP) is 2.22. The molecule has 0 aliphatic carbocycles. The van der Waals surface area contributed by atoms with Crippen LogP contribution in [0.4, 0.5) is 0 Å². The van der Waals surface area contributed by atoms with Gasteiger partial charge in [0.2, 0.25) is 12.2 Å². The lowest BCUT2D eigenvalue weighted by Gasteiger charge is -1.94. The maximum absolute atomic E-state index is 4.69. The van der Waals surface area contributed by atoms with Gasteiger partial charge < -0.3 is 9.51 Å². The molecule has 0 aliphatic heterocycles. The molecule has 14 heavy (non-hydrogen) atoms. The lowest BCUT2D eigenvalue weighted by molar-refractivity contribution is 0.419. The van der Waals surface area contributed by atoms with Gasteiger partial charge in [0.15, 0.2) is 0 Å². The van der Waals surface area contributed by atoms with E-state index in [1.54, 1.807) is 0 Å². The van der Waals surface area contributed by atoms with Gasteiger partial charge in [-0.1, -0.05) is 17.3 Å². The molecule has 1 aromatic carbocycles. The summed E-state index contributed by atoms with van der Waals surface area (Å²) in [6.45, 7) is 0. The van der Waals surface area contributed by atoms with Crippen molar-refractivity contribution in [2.24, 2.45) is 0 Å². The van der Waals surface area contributed by atoms with E-state index in [1.165, 1.54) is 11.8 Å². The first-order valence-electron chi connectivity index (χ1n) is 4.27. The van der Waals surface area contributed by atoms with Crippen LogP contribution in [0.5, 0.6) is 0 Å². The van der Waals surface area contributed by atoms with Gasteiger partial charge >= 0.3 is 0 Å². The second-order valence-corrected chi connectivity index (χ2v) is 3.03. The third kappa shape index (κ3) is 1.01. The zero-order chi connectivity index (χ0) is 9.38. The Bertz CT molecular complexity index is 554. The average molecular weight is 185 g/mol. The topological polar surface area (TPSA) is 54.7 Å². The van der Waals surface area contributed by atoms with Gasteiger partial charge in [-0.05, 0) is 17.5 Å². The molecule has 0 unspecified atom stereocenters. The van der Waals surface area contributed by atoms with Gasteiger partial charge in [-0.2, -0.15) is 4.98 Å². The number of aromatic nitrogens is 3. The molecule has 0 aliphatic rings. The largest absolute Gasteiger partial charge is 0.361 e. The molecule has 0 saturated heterocycles. The van der Waals surface area contributed by atoms with E-state index in [0.29, 0.717) is 5.82 Å². The van der Waals surface area contributed by atoms with Crippen molar-refractivity contribution in [3.8, 4) is 11.4 Å². The number of nitrogens with one attached hydrogen (secondary N) is 1. The van der Waals surface area contributed by atoms with Gasteiger partial charge in [-0.3, -0.25) is 0 Å². The maximum atomic E-state index is 4.69. The standard InChI is InChI=1S/C10H7N3O/c1-2-8(10-12-6-14-13-10)5-9-7(1)3-4-11-9/h1-6,11H. The fourth-order valence-electron chi connectivity index (χ4n) is 1.48. The highest BCUT2D eigenvalue weighted by molar-refractivity contribution is 5.83. The van der Waals surface area contributed by atoms with E-state index in [4.69, 9.17) is 4.52 Å². The van der Waals surface area contributed by atoms with Crippen LogP contribution in [0.3, 0.4) is 0 Å². The van der Waals surface area contributed by atoms with Crippen molar-refractivity contribution in [1.82, 2.24) is 15.1 Å². The van der Waals surface area contributed by atoms with Crippen LogP contribution in [0.2, 0.25) is 0 Å². The molecule has 4 nitrogen and oxygen atoms in total. The molecule has 0 atom stereocenters. The first kappa shape index (κ1) is 7.32. The number of rotatable bonds is 1. The van der Waals surface area contributed by atoms with E-state index >= 15 is 0 Å². The van der Waals surface area contributed by atoms with E-state index < -0.39 is 0 Å². The Hall–Kier alpha value is -2.10. The molecule has 0 amide bonds. The second-order valence-electron chi connectivity index (χ2n) is 3.03. The monoisotopic (exact) mass is 185 g/mol. The Labute approximate surface area is 79.6 Å². The summed E-state index contributed by atoms with van der Waals surface area (Å²) in [6.07, 6.45) is 3.24. The van der Waals surface area contributed by atoms with Crippen LogP contribution in [0, 0.1) is 0 Å². The number of hydrogen-bond donors (Lipinski definition) is 1. The second kappa shape index (κ2) is 2.70. The zero-order valence-corrected chi connectivity index (χ0v) is 7.27. The summed E-state index contributed by atoms with van der Waals surface area (Å²) >= 11 is 0. The van der Waals surface area contributed by atoms with Gasteiger partial charge in [-0.15, -0.1) is 0 Å². The minimum Gasteiger partial charge on any atom is -0.361 e. The Morgan fingerprint density at radius 2 is 2.21 bits per heavy atom. The van der Waals surface area contributed by atoms with Gasteiger partial charge in [0.1, 0.15) is 0 Å². The smallest absolute Gasteiger partial charge is 0.214 e. The van der Waals surface area contributed by atoms with Crippen molar-refractivity contribution in [1.29, 1.82) is 0 Å². The van der Waals surface area contributed by atoms with Crippen LogP contribution in [0.1, 0.15) is 0 Å². The molecular weight excluding hydrogens is 178 g/mol. The SMILES string of the molecule is c1cc2ccc(-c3ncon3)cc2[nH]1. The van der Waals surface area contributed by atoms with Crippen molar-refractivity contribution < 1.29 is 4.52 Å². The molecule has 68 valence electrons. The molecule has 0 saturated carbocycles. The Morgan fingerprint density at radius 3 is 3.07 bits per heavy atom. The third-order valence-corrected chi connectivity index (χ3v) is 2.17. The van der Waals surface area contributed by atoms with Crippen LogP contribution in [0.25, 0.3) is 22.3 Å². The van der Waals surface area contributed by atoms with Gasteiger partial charge in [0.25, 0.3) is 0 Å². The summed E-state index contributed by atoms with van der Waals surface area (Å²) in [7, 11) is 0. The van der Waals surface area contributed by atoms with E-state index in [1.807, 2.05) is 30.5 Å². The van der Waals surface area contributed by atoms with Gasteiger partial charge in [-0.25, -0.2) is 0 Å². The summed E-state index contributed by atoms with van der Waals surface area (Å²) in [5.41, 5.74) is 2.03. The van der Waals surface area contributed by atoms with Crippen molar-refractivity contribution in [2.75, 3.05) is 0 Å². The fourth-order valence-corrected chi connectivity index (χ4v) is 1.48. The number of benzene rings is 1. The Kier molecular flexibility index (Phi) is 1.41. The van der Waals surface area contributed by atoms with Gasteiger partial charge in [0, 0.05) is 17.3 Å². The third-order valence-electron chi connectivity index (χ3n) is 2.17. The number of fused-ring (bicyclic) bond motifs is 1. The molecule has 0 radical (unpaired) electrons. The van der Waals surface area contributed by atoms with E-state index in [0.717, 1.165) is 11.1 Å². The number of H-pyrrole nitrogens is 1. The first-order valence-corrected chi connectivity index (χ1v) is 4.27. The minimum absolute atomic E-state index is 0.612. The van der Waals surface area contributed by atoms with Crippen LogP contribution in [-0.4, -0.2) is 15.1 Å². The van der Waals surface area contributed by atoms with Crippen LogP contribution < -0.4 is 0 Å². The number of hydrogen-bond acceptors (Lipinski definition) is 3. The van der Waals surface area contributed by atoms with Crippen molar-refractivity contribution in [3.63, 3.8) is 0 Å². The predicted molar refractivity (Wildman–Crippen MR) is 51.6 cm³/mol. The number of nitrogens with zero attached hydrogens (tertiary/aromatic N) is 2. The summed E-state index contributed by atoms with van der Waals surface area (Å²) < 4.78 is 4.69. The molecule has 2 heterocycles. The molecular formula is C10H7N3O. The molecule has 4 heteroatoms. The highest BCUT2D eigenvalue weighted by atomic mass is 16.5. The van der Waals surface area contributed by atoms with Crippen molar-refractivity contribution in [2.45, 2.75) is 0 Å². The molecule has 0 fully saturated rings. The molecule has 2 aromatic heterocycles. The first-order chi connectivity index (χ1) is 6.93. The molecule has 0 bridgehead atoms. The summed E-state index contributed by atoms with van der Waals surface area (Å²) in [5.74, 6) is 0.612. The minimum atomic E-state index is 0.612. The lowest BCUT2D eigenvalue weighted by atomic mass is 10.1. The summed E-state index contributed by atoms with van der Waals surface area (Å²) in [4.78, 5) is 7.12. The molecule has 0 spiro atoms. The highest BCUT2D eigenvalue weighted by Gasteiger charge is 2.03. The van der Waals surface area contributed by atoms with E-state index in [2.05, 4.69) is 15.1 Å². The van der Waals surface area contributed by atoms with Gasteiger partial charge in [0.05, 0.1) is 0 Å². The van der Waals surface area contributed by atoms with Crippen LogP contribution in [-0.2, 0) is 0 Å². The highest BCUT2D eigenvalue weighted by Crippen LogP contribution is 2.20. The van der Waals surface area contributed by atoms with Crippen molar-refractivity contribution in [3.05, 3.63) is 36.9 Å². The Morgan fingerprint density at radius 1 is 1.21 bits per heavy atom. The van der Waals surface area contributed by atoms with Crippen LogP contribution >= 0.6 is 0 Å². The Balaban J connectivity index is 2.23. The summed E-state index contributed by atoms with van der Waals surface area (Å²) in [6, 6.07) is 8.02. The lowest BCUT2D eigenvalue weighted by Crippen LogP contribution is -1.79. The molecule has 3 aromatic rings. The average Bonchev–Trinajstić information content (AvgIpc) is 2.88. The zero-order valence-electron chi connectivity index (χ0n) is 7.27. The quantitative estimate of drug-likeness (QED) is 0.632. The van der Waals surface area contributed by atoms with Crippen molar-refractivity contribution >= 4 is 10.9 Å². The molecule has 1 N–H and O–H groups in total. The normalized spacial score (nSPS) is 10.9. The van der Waals surface area contributed by atoms with Crippen LogP contribution in [0.15, 0.2) is 41.4 Å². The summed E-state index contributed by atoms with van der Waals surface area (Å²) in [5, 5.41) is 4.96. The molecule has 3 rings (SSSR count). The maximum Gasteiger partial charge on any atom is 0.214 e. The van der Waals surface area contributed by atoms with E-state index in [9.17, 15) is 0 Å².